The zero-order valence-electron chi connectivity index (χ0n) is 50.5. The molecule has 4 bridgehead atoms. The summed E-state index contributed by atoms with van der Waals surface area (Å²) in [5.74, 6) is -13.2. The van der Waals surface area contributed by atoms with Crippen LogP contribution in [0.5, 0.6) is 11.5 Å². The molecule has 0 unspecified atom stereocenters. The van der Waals surface area contributed by atoms with E-state index in [4.69, 9.17) is 71.5 Å². The first-order valence-corrected chi connectivity index (χ1v) is 29.2. The molecule has 1 aliphatic rings. The number of benzene rings is 3. The molecule has 0 aliphatic carbocycles. The number of aryl methyl sites for hydroxylation is 1. The molecule has 524 valence electrons. The van der Waals surface area contributed by atoms with Gasteiger partial charge in [-0.25, -0.2) is 29.1 Å². The molecule has 0 saturated heterocycles. The third-order valence-electron chi connectivity index (χ3n) is 11.9. The molecule has 3 aromatic carbocycles. The number of carbonyl (C=O) groups excluding carboxylic acids is 5. The van der Waals surface area contributed by atoms with Crippen molar-refractivity contribution in [1.82, 2.24) is 36.1 Å². The number of hydrogen-bond donors (Lipinski definition) is 11. The van der Waals surface area contributed by atoms with Crippen LogP contribution < -0.4 is 47.9 Å². The molecule has 0 fully saturated rings. The van der Waals surface area contributed by atoms with Crippen LogP contribution in [0.2, 0.25) is 0 Å². The van der Waals surface area contributed by atoms with E-state index in [-0.39, 0.29) is 62.5 Å². The highest BCUT2D eigenvalue weighted by atomic mass is 33.1. The molecule has 5 rings (SSSR count). The van der Waals surface area contributed by atoms with Gasteiger partial charge in [0.25, 0.3) is 5.91 Å². The number of halogens is 12. The maximum atomic E-state index is 14.7. The number of hydrogen-bond acceptors (Lipinski definition) is 19. The molecule has 1 aromatic heterocycles. The topological polar surface area (TPSA) is 432 Å². The number of carboxylic acids is 4. The monoisotopic (exact) mass is 1410 g/mol. The fourth-order valence-electron chi connectivity index (χ4n) is 7.47. The molecule has 0 spiro atoms. The number of rotatable bonds is 18. The SMILES string of the molecule is CSSC(C)(C)c1ccc(-c2ncc(C(=O)N[C@@H](CCN)C(=O)N(C)[C@@H]3C(=O)N[C@@H](C)C(=O)N[C@H](C(=O)NCC#N)Cc4ccc(OCCN)c(c4)-c4cc3ccc4OCCN)c(C)n2)cc1.O=C(O)C(F)(F)F.O=C(O)C(F)(F)F.O=C(O)C(F)(F)F.O=C(O)C(F)(F)F. The van der Waals surface area contributed by atoms with Crippen LogP contribution in [0.25, 0.3) is 22.5 Å². The van der Waals surface area contributed by atoms with Crippen LogP contribution in [-0.2, 0) is 49.5 Å². The highest BCUT2D eigenvalue weighted by molar-refractivity contribution is 8.76. The standard InChI is InChI=1S/C47H59N11O7S2.4C2HF3O2/c1-27-35(26-53-41(54-27)30-8-11-32(12-9-30)47(3,4)67-66-6)43(60)56-36(15-16-48)46(63)58(5)40-31-10-14-39(65-22-19-51)34(25-31)33-23-29(7-13-38(33)64-21-18-50)24-37(44(61)52-20-17-49)57-42(59)28(2)55-45(40)62;4*3-2(4,5)1(6)7/h7-14,23,25-26,28,36-37,40H,15-16,18-22,24,48,50-51H2,1-6H3,(H,52,61)(H,55,62)(H,56,60)(H,57,59);4*(H,6,7)/t28-,36-,37-,40-;;;;/m0..../s1. The van der Waals surface area contributed by atoms with Gasteiger partial charge in [0, 0.05) is 54.2 Å². The van der Waals surface area contributed by atoms with Crippen molar-refractivity contribution in [2.24, 2.45) is 17.2 Å². The Labute approximate surface area is 539 Å². The minimum atomic E-state index is -5.08. The maximum absolute atomic E-state index is 14.7. The highest BCUT2D eigenvalue weighted by Gasteiger charge is 2.41. The van der Waals surface area contributed by atoms with E-state index in [0.717, 1.165) is 11.1 Å². The van der Waals surface area contributed by atoms with Crippen LogP contribution in [0.4, 0.5) is 52.7 Å². The van der Waals surface area contributed by atoms with Crippen LogP contribution in [0.1, 0.15) is 66.0 Å². The van der Waals surface area contributed by atoms with Crippen LogP contribution in [0.3, 0.4) is 0 Å². The highest BCUT2D eigenvalue weighted by Crippen LogP contribution is 2.43. The number of nitrogens with one attached hydrogen (secondary N) is 4. The second-order valence-corrected chi connectivity index (χ2v) is 22.4. The van der Waals surface area contributed by atoms with Gasteiger partial charge >= 0.3 is 48.6 Å². The van der Waals surface area contributed by atoms with Crippen molar-refractivity contribution in [2.75, 3.05) is 52.7 Å². The summed E-state index contributed by atoms with van der Waals surface area (Å²) < 4.78 is 139. The Balaban J connectivity index is 0.00000133. The number of nitrogens with zero attached hydrogens (tertiary/aromatic N) is 4. The normalized spacial score (nSPS) is 15.0. The second kappa shape index (κ2) is 37.6. The van der Waals surface area contributed by atoms with Gasteiger partial charge in [-0.1, -0.05) is 58.0 Å². The fourth-order valence-corrected chi connectivity index (χ4v) is 9.66. The minimum absolute atomic E-state index is 0.000800. The van der Waals surface area contributed by atoms with Gasteiger partial charge in [0.05, 0.1) is 17.3 Å². The first-order valence-electron chi connectivity index (χ1n) is 26.7. The van der Waals surface area contributed by atoms with E-state index in [9.17, 15) is 76.7 Å². The summed E-state index contributed by atoms with van der Waals surface area (Å²) in [6.07, 6.45) is -16.9. The summed E-state index contributed by atoms with van der Waals surface area (Å²) in [5, 5.41) is 48.4. The third-order valence-corrected chi connectivity index (χ3v) is 14.5. The van der Waals surface area contributed by atoms with E-state index in [0.29, 0.717) is 45.3 Å². The number of ether oxygens (including phenoxy) is 2. The minimum Gasteiger partial charge on any atom is -0.492 e. The van der Waals surface area contributed by atoms with Gasteiger partial charge in [0.2, 0.25) is 23.6 Å². The van der Waals surface area contributed by atoms with Crippen molar-refractivity contribution >= 4 is 75.0 Å². The number of carbonyl (C=O) groups is 9. The van der Waals surface area contributed by atoms with Gasteiger partial charge in [0.1, 0.15) is 55.4 Å². The molecular formula is C55H63F12N11O15S2. The first-order chi connectivity index (χ1) is 43.8. The van der Waals surface area contributed by atoms with E-state index < -0.39 is 102 Å². The summed E-state index contributed by atoms with van der Waals surface area (Å²) in [4.78, 5) is 116. The lowest BCUT2D eigenvalue weighted by atomic mass is 9.93. The van der Waals surface area contributed by atoms with Crippen LogP contribution in [0.15, 0.2) is 66.9 Å². The predicted octanol–water partition coefficient (Wildman–Crippen LogP) is 5.41. The Morgan fingerprint density at radius 3 is 1.64 bits per heavy atom. The number of alkyl halides is 12. The Morgan fingerprint density at radius 2 is 1.21 bits per heavy atom. The molecule has 26 nitrogen and oxygen atoms in total. The number of fused-ring (bicyclic) bond motifs is 5. The Bertz CT molecular complexity index is 3260. The Hall–Kier alpha value is -9.20. The smallest absolute Gasteiger partial charge is 0.490 e. The van der Waals surface area contributed by atoms with Crippen molar-refractivity contribution in [2.45, 2.75) is 94.2 Å². The molecular weight excluding hydrogens is 1350 g/mol. The average molecular weight is 1410 g/mol. The van der Waals surface area contributed by atoms with Crippen molar-refractivity contribution in [3.05, 3.63) is 94.8 Å². The third kappa shape index (κ3) is 27.7. The number of carboxylic acid groups (broad SMARTS) is 4. The molecule has 14 N–H and O–H groups in total. The average Bonchev–Trinajstić information content (AvgIpc) is 0.786. The molecule has 0 radical (unpaired) electrons. The molecule has 0 saturated carbocycles. The number of nitriles is 1. The van der Waals surface area contributed by atoms with Crippen LogP contribution >= 0.6 is 21.6 Å². The molecule has 95 heavy (non-hydrogen) atoms. The van der Waals surface area contributed by atoms with Gasteiger partial charge in [-0.2, -0.15) is 57.9 Å². The maximum Gasteiger partial charge on any atom is 0.490 e. The van der Waals surface area contributed by atoms with Crippen molar-refractivity contribution < 1.29 is 126 Å². The molecule has 5 amide bonds. The van der Waals surface area contributed by atoms with Crippen LogP contribution in [-0.4, -0.2) is 184 Å². The van der Waals surface area contributed by atoms with Gasteiger partial charge in [-0.3, -0.25) is 24.0 Å². The number of aromatic nitrogens is 2. The molecule has 4 aromatic rings. The summed E-state index contributed by atoms with van der Waals surface area (Å²) >= 11 is 0. The number of aliphatic carboxylic acids is 4. The molecule has 1 aliphatic heterocycles. The summed E-state index contributed by atoms with van der Waals surface area (Å²) in [5.41, 5.74) is 22.0. The molecule has 2 heterocycles. The van der Waals surface area contributed by atoms with E-state index in [1.807, 2.05) is 36.6 Å². The number of nitrogens with two attached hydrogens (primary N) is 3. The summed E-state index contributed by atoms with van der Waals surface area (Å²) in [7, 11) is 4.87. The van der Waals surface area contributed by atoms with Gasteiger partial charge < -0.3 is 73.3 Å². The van der Waals surface area contributed by atoms with Crippen LogP contribution in [0, 0.1) is 18.3 Å². The summed E-state index contributed by atoms with van der Waals surface area (Å²) in [6.45, 7) is 7.78. The van der Waals surface area contributed by atoms with Gasteiger partial charge in [-0.15, -0.1) is 0 Å². The van der Waals surface area contributed by atoms with E-state index in [1.165, 1.54) is 25.1 Å². The van der Waals surface area contributed by atoms with E-state index >= 15 is 0 Å². The zero-order valence-corrected chi connectivity index (χ0v) is 52.1. The fraction of sp³-hybridized carbons (Fsp3) is 0.418. The Morgan fingerprint density at radius 1 is 0.737 bits per heavy atom. The van der Waals surface area contributed by atoms with Crippen molar-refractivity contribution in [3.8, 4) is 40.1 Å². The van der Waals surface area contributed by atoms with Gasteiger partial charge in [-0.05, 0) is 87.9 Å². The van der Waals surface area contributed by atoms with Crippen molar-refractivity contribution in [1.29, 1.82) is 5.26 Å². The Kier molecular flexibility index (Phi) is 33.2. The first kappa shape index (κ1) is 83.8. The lowest BCUT2D eigenvalue weighted by molar-refractivity contribution is -0.193. The number of likely N-dealkylation sites (N-methyl/N-ethyl adjacent to an activating group) is 1. The van der Waals surface area contributed by atoms with E-state index in [2.05, 4.69) is 45.1 Å². The summed E-state index contributed by atoms with van der Waals surface area (Å²) in [6, 6.07) is 15.0. The quantitative estimate of drug-likeness (QED) is 0.0337. The van der Waals surface area contributed by atoms with Crippen molar-refractivity contribution in [3.63, 3.8) is 0 Å². The largest absolute Gasteiger partial charge is 0.492 e. The molecule has 40 heteroatoms. The van der Waals surface area contributed by atoms with E-state index in [1.54, 1.807) is 64.9 Å². The lowest BCUT2D eigenvalue weighted by Gasteiger charge is -2.32. The number of amides is 5. The lowest BCUT2D eigenvalue weighted by Crippen LogP contribution is -2.56. The van der Waals surface area contributed by atoms with Gasteiger partial charge in [0.15, 0.2) is 5.82 Å². The zero-order chi connectivity index (χ0) is 73.1. The predicted molar refractivity (Wildman–Crippen MR) is 314 cm³/mol. The molecule has 4 atom stereocenters. The second-order valence-electron chi connectivity index (χ2n) is 19.4.